The van der Waals surface area contributed by atoms with Crippen LogP contribution in [0.3, 0.4) is 0 Å². The first kappa shape index (κ1) is 22.1. The van der Waals surface area contributed by atoms with Gasteiger partial charge in [-0.25, -0.2) is 0 Å². The second-order valence-electron chi connectivity index (χ2n) is 6.95. The monoisotopic (exact) mass is 427 g/mol. The Morgan fingerprint density at radius 1 is 1.00 bits per heavy atom. The summed E-state index contributed by atoms with van der Waals surface area (Å²) in [5, 5.41) is 24.1. The Hall–Kier alpha value is -4.57. The van der Waals surface area contributed by atoms with Crippen molar-refractivity contribution in [2.24, 2.45) is 0 Å². The molecule has 2 amide bonds. The highest BCUT2D eigenvalue weighted by Crippen LogP contribution is 2.18. The van der Waals surface area contributed by atoms with E-state index in [0.29, 0.717) is 22.7 Å². The van der Waals surface area contributed by atoms with Gasteiger partial charge in [-0.05, 0) is 72.7 Å². The number of aryl methyl sites for hydroxylation is 1. The van der Waals surface area contributed by atoms with Crippen LogP contribution >= 0.6 is 0 Å². The summed E-state index contributed by atoms with van der Waals surface area (Å²) in [5.41, 5.74) is 2.64. The normalized spacial score (nSPS) is 10.7. The van der Waals surface area contributed by atoms with E-state index in [1.165, 1.54) is 30.3 Å². The van der Waals surface area contributed by atoms with Crippen molar-refractivity contribution in [3.63, 3.8) is 0 Å². The number of hydrogen-bond donors (Lipinski definition) is 3. The fourth-order valence-corrected chi connectivity index (χ4v) is 2.82. The molecule has 3 N–H and O–H groups in total. The molecule has 0 saturated heterocycles. The van der Waals surface area contributed by atoms with E-state index in [9.17, 15) is 20.0 Å². The fraction of sp³-hybridized carbons (Fsp3) is 0.0800. The highest BCUT2D eigenvalue weighted by Gasteiger charge is 2.10. The zero-order valence-corrected chi connectivity index (χ0v) is 17.3. The minimum atomic E-state index is -0.581. The highest BCUT2D eigenvalue weighted by atomic mass is 16.5. The number of nitriles is 1. The highest BCUT2D eigenvalue weighted by molar-refractivity contribution is 6.09. The number of anilines is 2. The topological polar surface area (TPSA) is 111 Å². The van der Waals surface area contributed by atoms with E-state index >= 15 is 0 Å². The Bertz CT molecular complexity index is 1190. The first-order chi connectivity index (χ1) is 15.4. The van der Waals surface area contributed by atoms with Gasteiger partial charge >= 0.3 is 0 Å². The van der Waals surface area contributed by atoms with Gasteiger partial charge in [-0.15, -0.1) is 0 Å². The molecule has 0 unspecified atom stereocenters. The van der Waals surface area contributed by atoms with Crippen molar-refractivity contribution in [1.82, 2.24) is 0 Å². The fourth-order valence-electron chi connectivity index (χ4n) is 2.82. The molecule has 32 heavy (non-hydrogen) atoms. The quantitative estimate of drug-likeness (QED) is 0.296. The predicted octanol–water partition coefficient (Wildman–Crippen LogP) is 4.26. The van der Waals surface area contributed by atoms with Crippen LogP contribution in [-0.2, 0) is 9.59 Å². The van der Waals surface area contributed by atoms with Crippen molar-refractivity contribution >= 4 is 29.3 Å². The molecule has 0 fully saturated rings. The van der Waals surface area contributed by atoms with Crippen LogP contribution in [0.15, 0.2) is 78.4 Å². The van der Waals surface area contributed by atoms with E-state index in [-0.39, 0.29) is 23.8 Å². The number of nitrogens with one attached hydrogen (secondary N) is 2. The second kappa shape index (κ2) is 10.5. The lowest BCUT2D eigenvalue weighted by Crippen LogP contribution is -2.20. The van der Waals surface area contributed by atoms with E-state index in [0.717, 1.165) is 5.56 Å². The molecular weight excluding hydrogens is 406 g/mol. The Labute approximate surface area is 185 Å². The van der Waals surface area contributed by atoms with Gasteiger partial charge in [0.2, 0.25) is 0 Å². The molecule has 7 nitrogen and oxygen atoms in total. The summed E-state index contributed by atoms with van der Waals surface area (Å²) >= 11 is 0. The van der Waals surface area contributed by atoms with Crippen LogP contribution in [0, 0.1) is 18.3 Å². The number of rotatable bonds is 7. The number of ether oxygens (including phenoxy) is 1. The third kappa shape index (κ3) is 6.47. The van der Waals surface area contributed by atoms with Crippen molar-refractivity contribution in [2.75, 3.05) is 17.2 Å². The van der Waals surface area contributed by atoms with Crippen LogP contribution in [-0.4, -0.2) is 23.5 Å². The van der Waals surface area contributed by atoms with Gasteiger partial charge in [0.05, 0.1) is 0 Å². The maximum absolute atomic E-state index is 12.4. The third-order valence-corrected chi connectivity index (χ3v) is 4.33. The summed E-state index contributed by atoms with van der Waals surface area (Å²) in [5.74, 6) is -0.387. The summed E-state index contributed by atoms with van der Waals surface area (Å²) in [4.78, 5) is 24.5. The van der Waals surface area contributed by atoms with Gasteiger partial charge in [0, 0.05) is 11.4 Å². The van der Waals surface area contributed by atoms with E-state index in [1.54, 1.807) is 30.3 Å². The minimum absolute atomic E-state index is 0.0726. The molecule has 0 aliphatic rings. The van der Waals surface area contributed by atoms with Crippen molar-refractivity contribution in [3.05, 3.63) is 89.5 Å². The van der Waals surface area contributed by atoms with Crippen LogP contribution in [0.5, 0.6) is 11.5 Å². The summed E-state index contributed by atoms with van der Waals surface area (Å²) < 4.78 is 5.55. The molecule has 3 aromatic carbocycles. The third-order valence-electron chi connectivity index (χ3n) is 4.33. The Kier molecular flexibility index (Phi) is 7.23. The Morgan fingerprint density at radius 3 is 2.47 bits per heavy atom. The number of benzene rings is 3. The summed E-state index contributed by atoms with van der Waals surface area (Å²) in [6.45, 7) is 1.75. The number of phenols is 1. The van der Waals surface area contributed by atoms with Crippen LogP contribution in [0.4, 0.5) is 11.4 Å². The maximum Gasteiger partial charge on any atom is 0.266 e. The molecule has 3 aromatic rings. The molecule has 0 aliphatic heterocycles. The number of phenolic OH excluding ortho intramolecular Hbond substituents is 1. The van der Waals surface area contributed by atoms with Crippen LogP contribution in [0.2, 0.25) is 0 Å². The van der Waals surface area contributed by atoms with E-state index in [1.807, 2.05) is 31.2 Å². The average molecular weight is 427 g/mol. The number of hydrogen-bond acceptors (Lipinski definition) is 5. The lowest BCUT2D eigenvalue weighted by Gasteiger charge is -2.09. The zero-order chi connectivity index (χ0) is 22.9. The Balaban J connectivity index is 1.62. The van der Waals surface area contributed by atoms with Crippen LogP contribution in [0.25, 0.3) is 6.08 Å². The maximum atomic E-state index is 12.4. The number of carbonyl (C=O) groups excluding carboxylic acids is 2. The smallest absolute Gasteiger partial charge is 0.266 e. The van der Waals surface area contributed by atoms with Crippen molar-refractivity contribution in [3.8, 4) is 17.6 Å². The number of carbonyl (C=O) groups is 2. The lowest BCUT2D eigenvalue weighted by atomic mass is 10.1. The van der Waals surface area contributed by atoms with Crippen molar-refractivity contribution in [2.45, 2.75) is 6.92 Å². The molecule has 7 heteroatoms. The second-order valence-corrected chi connectivity index (χ2v) is 6.95. The summed E-state index contributed by atoms with van der Waals surface area (Å²) in [6.07, 6.45) is 1.43. The Morgan fingerprint density at radius 2 is 1.75 bits per heavy atom. The van der Waals surface area contributed by atoms with Gasteiger partial charge in [0.25, 0.3) is 11.8 Å². The molecular formula is C25H21N3O4. The van der Waals surface area contributed by atoms with Crippen LogP contribution in [0.1, 0.15) is 11.1 Å². The van der Waals surface area contributed by atoms with Crippen molar-refractivity contribution < 1.29 is 19.4 Å². The van der Waals surface area contributed by atoms with Gasteiger partial charge < -0.3 is 20.5 Å². The molecule has 0 radical (unpaired) electrons. The van der Waals surface area contributed by atoms with Gasteiger partial charge in [-0.3, -0.25) is 9.59 Å². The molecule has 0 atom stereocenters. The largest absolute Gasteiger partial charge is 0.508 e. The molecule has 3 rings (SSSR count). The lowest BCUT2D eigenvalue weighted by molar-refractivity contribution is -0.118. The number of amides is 2. The predicted molar refractivity (Wildman–Crippen MR) is 122 cm³/mol. The molecule has 160 valence electrons. The van der Waals surface area contributed by atoms with Gasteiger partial charge in [-0.2, -0.15) is 5.26 Å². The SMILES string of the molecule is Cc1cccc(NC(=O)COc2cccc(/C=C(\C#N)C(=O)Nc3ccc(O)cc3)c2)c1. The first-order valence-corrected chi connectivity index (χ1v) is 9.74. The van der Waals surface area contributed by atoms with Gasteiger partial charge in [-0.1, -0.05) is 24.3 Å². The van der Waals surface area contributed by atoms with Crippen LogP contribution < -0.4 is 15.4 Å². The van der Waals surface area contributed by atoms with Crippen molar-refractivity contribution in [1.29, 1.82) is 5.26 Å². The standard InChI is InChI=1S/C25H21N3O4/c1-17-4-2-6-21(12-17)27-24(30)16-32-23-7-3-5-18(14-23)13-19(15-26)25(31)28-20-8-10-22(29)11-9-20/h2-14,29H,16H2,1H3,(H,27,30)(H,28,31)/b19-13+. The van der Waals surface area contributed by atoms with E-state index < -0.39 is 5.91 Å². The summed E-state index contributed by atoms with van der Waals surface area (Å²) in [7, 11) is 0. The number of aromatic hydroxyl groups is 1. The average Bonchev–Trinajstić information content (AvgIpc) is 2.78. The molecule has 0 spiro atoms. The van der Waals surface area contributed by atoms with E-state index in [4.69, 9.17) is 4.74 Å². The number of nitrogens with zero attached hydrogens (tertiary/aromatic N) is 1. The van der Waals surface area contributed by atoms with E-state index in [2.05, 4.69) is 10.6 Å². The summed E-state index contributed by atoms with van der Waals surface area (Å²) in [6, 6.07) is 22.0. The first-order valence-electron chi connectivity index (χ1n) is 9.74. The molecule has 0 heterocycles. The minimum Gasteiger partial charge on any atom is -0.508 e. The molecule has 0 aromatic heterocycles. The molecule has 0 saturated carbocycles. The molecule has 0 aliphatic carbocycles. The zero-order valence-electron chi connectivity index (χ0n) is 17.3. The van der Waals surface area contributed by atoms with Gasteiger partial charge in [0.15, 0.2) is 6.61 Å². The van der Waals surface area contributed by atoms with Gasteiger partial charge in [0.1, 0.15) is 23.1 Å². The molecule has 0 bridgehead atoms.